The molecule has 0 aromatic carbocycles. The van der Waals surface area contributed by atoms with Gasteiger partial charge >= 0.3 is 5.43 Å². The number of carbonyl (C=O) groups excluding carboxylic acids is 1. The average Bonchev–Trinajstić information content (AvgIpc) is 1.82. The van der Waals surface area contributed by atoms with Gasteiger partial charge in [0.1, 0.15) is 0 Å². The summed E-state index contributed by atoms with van der Waals surface area (Å²) in [5.74, 6) is 0.449. The van der Waals surface area contributed by atoms with Crippen molar-refractivity contribution in [3.05, 3.63) is 0 Å². The molecule has 0 saturated heterocycles. The van der Waals surface area contributed by atoms with Crippen molar-refractivity contribution < 1.29 is 19.4 Å². The standard InChI is InChI=1S/C5H10O2.CHClO2/c1-5(2)3-7-4-6;2-1(3)4/h4-5H,3H2,1-2H3;(H,3,4). The van der Waals surface area contributed by atoms with Crippen LogP contribution in [0.1, 0.15) is 13.8 Å². The van der Waals surface area contributed by atoms with Crippen LogP contribution < -0.4 is 0 Å². The number of rotatable bonds is 3. The number of hydrogen-bond acceptors (Lipinski definition) is 3. The fraction of sp³-hybridized carbons (Fsp3) is 0.667. The summed E-state index contributed by atoms with van der Waals surface area (Å²) in [6, 6.07) is 0. The van der Waals surface area contributed by atoms with E-state index in [1.807, 2.05) is 13.8 Å². The molecule has 11 heavy (non-hydrogen) atoms. The fourth-order valence-electron chi connectivity index (χ4n) is 0.232. The summed E-state index contributed by atoms with van der Waals surface area (Å²) in [5.41, 5.74) is -1.36. The zero-order chi connectivity index (χ0) is 9.28. The molecule has 0 atom stereocenters. The minimum atomic E-state index is -1.36. The van der Waals surface area contributed by atoms with Crippen molar-refractivity contribution in [2.75, 3.05) is 6.61 Å². The summed E-state index contributed by atoms with van der Waals surface area (Å²) >= 11 is 4.19. The molecule has 0 fully saturated rings. The van der Waals surface area contributed by atoms with Gasteiger partial charge < -0.3 is 9.84 Å². The monoisotopic (exact) mass is 182 g/mol. The highest BCUT2D eigenvalue weighted by atomic mass is 35.5. The first kappa shape index (κ1) is 12.9. The maximum atomic E-state index is 9.49. The smallest absolute Gasteiger partial charge is 0.401 e. The maximum absolute atomic E-state index is 9.49. The second-order valence-corrected chi connectivity index (χ2v) is 2.40. The van der Waals surface area contributed by atoms with E-state index in [2.05, 4.69) is 16.3 Å². The van der Waals surface area contributed by atoms with Crippen LogP contribution in [0.5, 0.6) is 0 Å². The van der Waals surface area contributed by atoms with Crippen molar-refractivity contribution in [3.63, 3.8) is 0 Å². The van der Waals surface area contributed by atoms with Crippen molar-refractivity contribution >= 4 is 23.5 Å². The van der Waals surface area contributed by atoms with Crippen molar-refractivity contribution in [3.8, 4) is 0 Å². The van der Waals surface area contributed by atoms with E-state index in [0.717, 1.165) is 0 Å². The Kier molecular flexibility index (Phi) is 10.8. The molecule has 0 aromatic heterocycles. The molecular formula is C6H11ClO4. The Hall–Kier alpha value is -0.770. The Labute approximate surface area is 70.1 Å². The molecule has 4 nitrogen and oxygen atoms in total. The van der Waals surface area contributed by atoms with Crippen LogP contribution in [0.25, 0.3) is 0 Å². The van der Waals surface area contributed by atoms with Crippen LogP contribution in [0.15, 0.2) is 0 Å². The lowest BCUT2D eigenvalue weighted by Crippen LogP contribution is -1.98. The van der Waals surface area contributed by atoms with Crippen LogP contribution in [-0.4, -0.2) is 23.6 Å². The fourth-order valence-corrected chi connectivity index (χ4v) is 0.232. The molecule has 0 saturated carbocycles. The van der Waals surface area contributed by atoms with Gasteiger partial charge in [-0.3, -0.25) is 4.79 Å². The lowest BCUT2D eigenvalue weighted by atomic mass is 10.2. The number of hydrogen-bond donors (Lipinski definition) is 1. The third kappa shape index (κ3) is 46.2. The van der Waals surface area contributed by atoms with Crippen LogP contribution in [-0.2, 0) is 9.53 Å². The lowest BCUT2D eigenvalue weighted by Gasteiger charge is -1.98. The van der Waals surface area contributed by atoms with Crippen LogP contribution in [0.3, 0.4) is 0 Å². The van der Waals surface area contributed by atoms with Gasteiger partial charge in [-0.05, 0) is 5.92 Å². The van der Waals surface area contributed by atoms with Gasteiger partial charge in [0.25, 0.3) is 6.47 Å². The quantitative estimate of drug-likeness (QED) is 0.533. The Morgan fingerprint density at radius 2 is 2.09 bits per heavy atom. The largest absolute Gasteiger partial charge is 0.469 e. The Balaban J connectivity index is 0. The summed E-state index contributed by atoms with van der Waals surface area (Å²) in [7, 11) is 0. The van der Waals surface area contributed by atoms with Crippen LogP contribution in [0.2, 0.25) is 0 Å². The highest BCUT2D eigenvalue weighted by molar-refractivity contribution is 6.60. The van der Waals surface area contributed by atoms with E-state index in [1.165, 1.54) is 0 Å². The highest BCUT2D eigenvalue weighted by Crippen LogP contribution is 1.88. The first-order valence-electron chi connectivity index (χ1n) is 2.94. The van der Waals surface area contributed by atoms with Gasteiger partial charge in [0.15, 0.2) is 0 Å². The van der Waals surface area contributed by atoms with E-state index in [9.17, 15) is 4.79 Å². The number of halogens is 1. The van der Waals surface area contributed by atoms with E-state index < -0.39 is 5.43 Å². The Morgan fingerprint density at radius 1 is 1.73 bits per heavy atom. The molecule has 5 heteroatoms. The summed E-state index contributed by atoms with van der Waals surface area (Å²) in [4.78, 5) is 18.3. The van der Waals surface area contributed by atoms with E-state index in [-0.39, 0.29) is 0 Å². The minimum Gasteiger partial charge on any atom is -0.469 e. The van der Waals surface area contributed by atoms with Crippen molar-refractivity contribution in [1.82, 2.24) is 0 Å². The predicted molar refractivity (Wildman–Crippen MR) is 40.7 cm³/mol. The number of carbonyl (C=O) groups is 2. The maximum Gasteiger partial charge on any atom is 0.401 e. The van der Waals surface area contributed by atoms with E-state index >= 15 is 0 Å². The third-order valence-corrected chi connectivity index (χ3v) is 0.498. The molecule has 0 spiro atoms. The van der Waals surface area contributed by atoms with Gasteiger partial charge in [-0.1, -0.05) is 13.8 Å². The summed E-state index contributed by atoms with van der Waals surface area (Å²) < 4.78 is 4.41. The SMILES string of the molecule is CC(C)COC=O.O=C(O)Cl. The molecule has 66 valence electrons. The molecule has 0 aliphatic carbocycles. The van der Waals surface area contributed by atoms with Crippen molar-refractivity contribution in [1.29, 1.82) is 0 Å². The number of ether oxygens (including phenoxy) is 1. The molecule has 0 aliphatic rings. The van der Waals surface area contributed by atoms with Crippen LogP contribution in [0.4, 0.5) is 4.79 Å². The Bertz CT molecular complexity index is 109. The summed E-state index contributed by atoms with van der Waals surface area (Å²) in [6.45, 7) is 4.98. The molecule has 0 aliphatic heterocycles. The Morgan fingerprint density at radius 3 is 2.18 bits per heavy atom. The van der Waals surface area contributed by atoms with E-state index in [4.69, 9.17) is 9.90 Å². The normalized spacial score (nSPS) is 8.00. The minimum absolute atomic E-state index is 0.449. The molecule has 0 amide bonds. The summed E-state index contributed by atoms with van der Waals surface area (Å²) in [5, 5.41) is 7.18. The first-order valence-corrected chi connectivity index (χ1v) is 3.32. The lowest BCUT2D eigenvalue weighted by molar-refractivity contribution is -0.129. The predicted octanol–water partition coefficient (Wildman–Crippen LogP) is 1.72. The zero-order valence-electron chi connectivity index (χ0n) is 6.41. The highest BCUT2D eigenvalue weighted by Gasteiger charge is 1.88. The van der Waals surface area contributed by atoms with Gasteiger partial charge in [0.2, 0.25) is 0 Å². The molecule has 0 unspecified atom stereocenters. The van der Waals surface area contributed by atoms with Crippen molar-refractivity contribution in [2.45, 2.75) is 13.8 Å². The average molecular weight is 183 g/mol. The van der Waals surface area contributed by atoms with Crippen LogP contribution >= 0.6 is 11.6 Å². The molecule has 0 heterocycles. The zero-order valence-corrected chi connectivity index (χ0v) is 7.17. The molecule has 1 N–H and O–H groups in total. The van der Waals surface area contributed by atoms with Crippen molar-refractivity contribution in [2.24, 2.45) is 5.92 Å². The molecule has 0 radical (unpaired) electrons. The van der Waals surface area contributed by atoms with Gasteiger partial charge in [0, 0.05) is 11.6 Å². The third-order valence-electron chi connectivity index (χ3n) is 0.498. The molecular weight excluding hydrogens is 172 g/mol. The molecule has 0 bridgehead atoms. The second-order valence-electron chi connectivity index (χ2n) is 2.08. The van der Waals surface area contributed by atoms with Crippen LogP contribution in [0, 0.1) is 5.92 Å². The summed E-state index contributed by atoms with van der Waals surface area (Å²) in [6.07, 6.45) is 0. The topological polar surface area (TPSA) is 63.6 Å². The number of carboxylic acid groups (broad SMARTS) is 1. The van der Waals surface area contributed by atoms with E-state index in [0.29, 0.717) is 19.0 Å². The van der Waals surface area contributed by atoms with E-state index in [1.54, 1.807) is 0 Å². The first-order chi connectivity index (χ1) is 5.00. The second kappa shape index (κ2) is 9.23. The van der Waals surface area contributed by atoms with Gasteiger partial charge in [0.05, 0.1) is 6.61 Å². The molecule has 0 rings (SSSR count). The van der Waals surface area contributed by atoms with Gasteiger partial charge in [-0.2, -0.15) is 0 Å². The van der Waals surface area contributed by atoms with Gasteiger partial charge in [-0.15, -0.1) is 0 Å². The molecule has 0 aromatic rings. The van der Waals surface area contributed by atoms with Gasteiger partial charge in [-0.25, -0.2) is 4.79 Å².